The summed E-state index contributed by atoms with van der Waals surface area (Å²) in [6.45, 7) is 7.42. The highest BCUT2D eigenvalue weighted by Crippen LogP contribution is 2.54. The van der Waals surface area contributed by atoms with Crippen LogP contribution in [0.1, 0.15) is 32.6 Å². The number of ether oxygens (including phenoxy) is 3. The van der Waals surface area contributed by atoms with E-state index in [1.54, 1.807) is 24.3 Å². The molecule has 1 saturated carbocycles. The molecule has 3 rings (SSSR count). The van der Waals surface area contributed by atoms with E-state index in [1.165, 1.54) is 0 Å². The molecule has 0 spiro atoms. The van der Waals surface area contributed by atoms with Gasteiger partial charge in [0.2, 0.25) is 0 Å². The second kappa shape index (κ2) is 7.83. The van der Waals surface area contributed by atoms with Gasteiger partial charge in [0, 0.05) is 18.6 Å². The maximum Gasteiger partial charge on any atom is 0.339 e. The number of hydrogen-bond acceptors (Lipinski definition) is 5. The first-order chi connectivity index (χ1) is 12.1. The molecule has 25 heavy (non-hydrogen) atoms. The maximum atomic E-state index is 12.3. The van der Waals surface area contributed by atoms with Crippen molar-refractivity contribution in [2.75, 3.05) is 13.2 Å². The molecule has 0 radical (unpaired) electrons. The zero-order chi connectivity index (χ0) is 17.8. The van der Waals surface area contributed by atoms with Crippen LogP contribution in [0.2, 0.25) is 0 Å². The van der Waals surface area contributed by atoms with Crippen LogP contribution in [0.25, 0.3) is 0 Å². The van der Waals surface area contributed by atoms with E-state index in [0.717, 1.165) is 25.9 Å². The van der Waals surface area contributed by atoms with Gasteiger partial charge >= 0.3 is 11.9 Å². The van der Waals surface area contributed by atoms with Crippen molar-refractivity contribution in [2.24, 2.45) is 17.8 Å². The predicted octanol–water partition coefficient (Wildman–Crippen LogP) is 3.53. The van der Waals surface area contributed by atoms with Gasteiger partial charge in [-0.3, -0.25) is 4.79 Å². The Hall–Kier alpha value is -2.14. The minimum Gasteiger partial charge on any atom is -0.427 e. The molecular weight excluding hydrogens is 320 g/mol. The summed E-state index contributed by atoms with van der Waals surface area (Å²) in [5, 5.41) is 0. The average Bonchev–Trinajstić information content (AvgIpc) is 3.35. The Morgan fingerprint density at radius 2 is 1.84 bits per heavy atom. The smallest absolute Gasteiger partial charge is 0.339 e. The quantitative estimate of drug-likeness (QED) is 0.430. The van der Waals surface area contributed by atoms with Crippen molar-refractivity contribution in [1.29, 1.82) is 0 Å². The number of rotatable bonds is 7. The molecule has 1 aliphatic heterocycles. The SMILES string of the molecule is C=C(C(=O)Oc1ccc(OC(=O)CCCC)cc1)C1C2CCOCC21. The fourth-order valence-corrected chi connectivity index (χ4v) is 3.41. The van der Waals surface area contributed by atoms with E-state index in [1.807, 2.05) is 6.92 Å². The molecule has 5 heteroatoms. The number of carbonyl (C=O) groups is 2. The van der Waals surface area contributed by atoms with Gasteiger partial charge in [0.25, 0.3) is 0 Å². The van der Waals surface area contributed by atoms with Crippen molar-refractivity contribution in [3.05, 3.63) is 36.4 Å². The summed E-state index contributed by atoms with van der Waals surface area (Å²) in [6.07, 6.45) is 3.15. The summed E-state index contributed by atoms with van der Waals surface area (Å²) in [4.78, 5) is 23.9. The Labute approximate surface area is 148 Å². The highest BCUT2D eigenvalue weighted by Gasteiger charge is 2.54. The second-order valence-electron chi connectivity index (χ2n) is 6.68. The van der Waals surface area contributed by atoms with E-state index < -0.39 is 5.97 Å². The minimum atomic E-state index is -0.396. The van der Waals surface area contributed by atoms with Crippen molar-refractivity contribution in [1.82, 2.24) is 0 Å². The van der Waals surface area contributed by atoms with Crippen molar-refractivity contribution in [2.45, 2.75) is 32.6 Å². The van der Waals surface area contributed by atoms with Crippen molar-refractivity contribution in [3.63, 3.8) is 0 Å². The van der Waals surface area contributed by atoms with Gasteiger partial charge in [-0.05, 0) is 54.9 Å². The third kappa shape index (κ3) is 4.28. The van der Waals surface area contributed by atoms with E-state index >= 15 is 0 Å². The molecule has 3 unspecified atom stereocenters. The molecule has 1 aliphatic carbocycles. The minimum absolute atomic E-state index is 0.189. The summed E-state index contributed by atoms with van der Waals surface area (Å²) in [7, 11) is 0. The van der Waals surface area contributed by atoms with Crippen LogP contribution in [-0.4, -0.2) is 25.2 Å². The molecule has 1 aromatic carbocycles. The molecule has 1 aromatic rings. The zero-order valence-corrected chi connectivity index (χ0v) is 14.5. The molecular formula is C20H24O5. The fraction of sp³-hybridized carbons (Fsp3) is 0.500. The van der Waals surface area contributed by atoms with Gasteiger partial charge in [-0.1, -0.05) is 19.9 Å². The summed E-state index contributed by atoms with van der Waals surface area (Å²) in [5.74, 6) is 1.33. The third-order valence-corrected chi connectivity index (χ3v) is 4.90. The van der Waals surface area contributed by atoms with Crippen LogP contribution in [0.4, 0.5) is 0 Å². The molecule has 134 valence electrons. The van der Waals surface area contributed by atoms with Crippen LogP contribution >= 0.6 is 0 Å². The summed E-state index contributed by atoms with van der Waals surface area (Å²) in [5.41, 5.74) is 0.524. The molecule has 3 atom stereocenters. The first-order valence-corrected chi connectivity index (χ1v) is 8.89. The van der Waals surface area contributed by atoms with Crippen LogP contribution in [0.15, 0.2) is 36.4 Å². The summed E-state index contributed by atoms with van der Waals surface area (Å²) in [6, 6.07) is 6.49. The fourth-order valence-electron chi connectivity index (χ4n) is 3.41. The summed E-state index contributed by atoms with van der Waals surface area (Å²) < 4.78 is 16.1. The highest BCUT2D eigenvalue weighted by molar-refractivity contribution is 5.90. The topological polar surface area (TPSA) is 61.8 Å². The molecule has 0 bridgehead atoms. The Morgan fingerprint density at radius 1 is 1.16 bits per heavy atom. The molecule has 0 aromatic heterocycles. The van der Waals surface area contributed by atoms with Gasteiger partial charge in [0.1, 0.15) is 11.5 Å². The van der Waals surface area contributed by atoms with Crippen LogP contribution in [0, 0.1) is 17.8 Å². The lowest BCUT2D eigenvalue weighted by Gasteiger charge is -2.08. The number of hydrogen-bond donors (Lipinski definition) is 0. The number of carbonyl (C=O) groups excluding carboxylic acids is 2. The number of benzene rings is 1. The third-order valence-electron chi connectivity index (χ3n) is 4.90. The summed E-state index contributed by atoms with van der Waals surface area (Å²) >= 11 is 0. The Balaban J connectivity index is 1.50. The largest absolute Gasteiger partial charge is 0.427 e. The number of esters is 2. The van der Waals surface area contributed by atoms with E-state index in [0.29, 0.717) is 41.9 Å². The zero-order valence-electron chi connectivity index (χ0n) is 14.5. The molecule has 1 heterocycles. The normalized spacial score (nSPS) is 24.1. The maximum absolute atomic E-state index is 12.3. The Kier molecular flexibility index (Phi) is 5.53. The van der Waals surface area contributed by atoms with Crippen LogP contribution < -0.4 is 9.47 Å². The monoisotopic (exact) mass is 344 g/mol. The predicted molar refractivity (Wildman–Crippen MR) is 92.3 cm³/mol. The van der Waals surface area contributed by atoms with Crippen molar-refractivity contribution >= 4 is 11.9 Å². The van der Waals surface area contributed by atoms with Gasteiger partial charge in [-0.15, -0.1) is 0 Å². The first-order valence-electron chi connectivity index (χ1n) is 8.89. The molecule has 0 N–H and O–H groups in total. The van der Waals surface area contributed by atoms with Crippen LogP contribution in [0.3, 0.4) is 0 Å². The van der Waals surface area contributed by atoms with Gasteiger partial charge in [0.05, 0.1) is 6.61 Å². The van der Waals surface area contributed by atoms with E-state index in [4.69, 9.17) is 14.2 Å². The standard InChI is InChI=1S/C20H24O5/c1-3-4-5-18(21)24-14-6-8-15(9-7-14)25-20(22)13(2)19-16-10-11-23-12-17(16)19/h6-9,16-17,19H,2-5,10-12H2,1H3. The van der Waals surface area contributed by atoms with Crippen molar-refractivity contribution < 1.29 is 23.8 Å². The van der Waals surface area contributed by atoms with E-state index in [2.05, 4.69) is 6.58 Å². The van der Waals surface area contributed by atoms with E-state index in [9.17, 15) is 9.59 Å². The van der Waals surface area contributed by atoms with Crippen LogP contribution in [0.5, 0.6) is 11.5 Å². The number of fused-ring (bicyclic) bond motifs is 1. The van der Waals surface area contributed by atoms with E-state index in [-0.39, 0.29) is 11.9 Å². The molecule has 2 aliphatic rings. The molecule has 0 amide bonds. The van der Waals surface area contributed by atoms with Crippen molar-refractivity contribution in [3.8, 4) is 11.5 Å². The van der Waals surface area contributed by atoms with Gasteiger partial charge < -0.3 is 14.2 Å². The Morgan fingerprint density at radius 3 is 2.44 bits per heavy atom. The van der Waals surface area contributed by atoms with Gasteiger partial charge in [0.15, 0.2) is 0 Å². The second-order valence-corrected chi connectivity index (χ2v) is 6.68. The van der Waals surface area contributed by atoms with Gasteiger partial charge in [-0.2, -0.15) is 0 Å². The average molecular weight is 344 g/mol. The molecule has 1 saturated heterocycles. The highest BCUT2D eigenvalue weighted by atomic mass is 16.5. The Bertz CT molecular complexity index is 637. The lowest BCUT2D eigenvalue weighted by Crippen LogP contribution is -2.13. The number of unbranched alkanes of at least 4 members (excludes halogenated alkanes) is 1. The molecule has 5 nitrogen and oxygen atoms in total. The lowest BCUT2D eigenvalue weighted by atomic mass is 10.1. The van der Waals surface area contributed by atoms with Crippen LogP contribution in [-0.2, 0) is 14.3 Å². The first kappa shape index (κ1) is 17.7. The lowest BCUT2D eigenvalue weighted by molar-refractivity contribution is -0.134. The van der Waals surface area contributed by atoms with Gasteiger partial charge in [-0.25, -0.2) is 4.79 Å². The molecule has 2 fully saturated rings.